The van der Waals surface area contributed by atoms with Crippen LogP contribution in [-0.4, -0.2) is 15.5 Å². The zero-order chi connectivity index (χ0) is 15.4. The topological polar surface area (TPSA) is 72.9 Å². The third-order valence-corrected chi connectivity index (χ3v) is 3.10. The highest BCUT2D eigenvalue weighted by Gasteiger charge is 2.17. The summed E-state index contributed by atoms with van der Waals surface area (Å²) in [6.07, 6.45) is 2.42. The summed E-state index contributed by atoms with van der Waals surface area (Å²) in [6, 6.07) is 6.39. The van der Waals surface area contributed by atoms with Gasteiger partial charge in [-0.1, -0.05) is 29.8 Å². The number of rotatable bonds is 5. The molecule has 0 radical (unpaired) electrons. The largest absolute Gasteiger partial charge is 0.347 e. The van der Waals surface area contributed by atoms with Gasteiger partial charge in [-0.05, 0) is 12.5 Å². The number of nitrogens with zero attached hydrogens (tertiary/aromatic N) is 2. The first-order valence-electron chi connectivity index (χ1n) is 6.38. The molecule has 0 saturated carbocycles. The number of hydrogen-bond donors (Lipinski definition) is 2. The summed E-state index contributed by atoms with van der Waals surface area (Å²) in [5, 5.41) is 2.51. The molecule has 1 amide bonds. The van der Waals surface area contributed by atoms with Gasteiger partial charge in [-0.2, -0.15) is 8.78 Å². The minimum atomic E-state index is -2.69. The van der Waals surface area contributed by atoms with Crippen molar-refractivity contribution >= 4 is 30.7 Å². The summed E-state index contributed by atoms with van der Waals surface area (Å²) < 4.78 is 26.0. The lowest BCUT2D eigenvalue weighted by Gasteiger charge is -2.13. The summed E-state index contributed by atoms with van der Waals surface area (Å²) in [6.45, 7) is -0.861. The van der Waals surface area contributed by atoms with Gasteiger partial charge in [-0.3, -0.25) is 9.36 Å². The number of nitrogens with one attached hydrogen (secondary N) is 1. The number of imidazole rings is 1. The number of amides is 1. The third kappa shape index (κ3) is 5.46. The molecule has 2 rings (SSSR count). The Labute approximate surface area is 145 Å². The molecule has 2 aromatic rings. The lowest BCUT2D eigenvalue weighted by Crippen LogP contribution is -2.34. The first kappa shape index (κ1) is 21.3. The van der Waals surface area contributed by atoms with Crippen molar-refractivity contribution < 1.29 is 13.6 Å². The number of carbonyl (C=O) groups is 1. The average molecular weight is 367 g/mol. The van der Waals surface area contributed by atoms with E-state index in [-0.39, 0.29) is 37.2 Å². The fraction of sp³-hybridized carbons (Fsp3) is 0.286. The van der Waals surface area contributed by atoms with Crippen molar-refractivity contribution in [3.8, 4) is 0 Å². The van der Waals surface area contributed by atoms with Crippen LogP contribution in [0, 0.1) is 6.92 Å². The number of hydrogen-bond acceptors (Lipinski definition) is 3. The third-order valence-electron chi connectivity index (χ3n) is 3.10. The van der Waals surface area contributed by atoms with E-state index in [0.29, 0.717) is 10.1 Å². The van der Waals surface area contributed by atoms with E-state index >= 15 is 0 Å². The van der Waals surface area contributed by atoms with Crippen molar-refractivity contribution in [2.45, 2.75) is 26.1 Å². The van der Waals surface area contributed by atoms with Gasteiger partial charge in [0.15, 0.2) is 0 Å². The summed E-state index contributed by atoms with van der Waals surface area (Å²) in [5.74, 6) is -0.364. The number of carbonyl (C=O) groups excluding carboxylic acids is 1. The van der Waals surface area contributed by atoms with Crippen LogP contribution in [-0.2, 0) is 11.3 Å². The highest BCUT2D eigenvalue weighted by molar-refractivity contribution is 5.85. The minimum absolute atomic E-state index is 0. The zero-order valence-electron chi connectivity index (χ0n) is 12.3. The Hall–Kier alpha value is -1.70. The molecule has 5 nitrogen and oxygen atoms in total. The maximum Gasteiger partial charge on any atom is 0.319 e. The van der Waals surface area contributed by atoms with E-state index in [2.05, 4.69) is 10.3 Å². The molecule has 23 heavy (non-hydrogen) atoms. The van der Waals surface area contributed by atoms with E-state index < -0.39 is 18.5 Å². The fourth-order valence-corrected chi connectivity index (χ4v) is 1.86. The van der Waals surface area contributed by atoms with E-state index in [1.54, 1.807) is 12.1 Å². The van der Waals surface area contributed by atoms with Crippen LogP contribution < -0.4 is 11.1 Å². The lowest BCUT2D eigenvalue weighted by atomic mass is 10.1. The van der Waals surface area contributed by atoms with Crippen molar-refractivity contribution in [2.24, 2.45) is 5.73 Å². The maximum atomic E-state index is 12.6. The quantitative estimate of drug-likeness (QED) is 0.854. The molecule has 1 atom stereocenters. The second-order valence-corrected chi connectivity index (χ2v) is 4.63. The van der Waals surface area contributed by atoms with Crippen LogP contribution in [0.3, 0.4) is 0 Å². The van der Waals surface area contributed by atoms with Gasteiger partial charge in [-0.25, -0.2) is 4.98 Å². The normalized spacial score (nSPS) is 11.3. The van der Waals surface area contributed by atoms with Crippen molar-refractivity contribution in [1.29, 1.82) is 0 Å². The summed E-state index contributed by atoms with van der Waals surface area (Å²) in [7, 11) is 0. The standard InChI is InChI=1S/C14H16F2N4O.2ClH/c1-9-2-4-10(5-3-9)12(17)13(21)19-8-11-18-6-7-20(11)14(15)16;;/h2-7,12,14H,8,17H2,1H3,(H,19,21);2*1H. The van der Waals surface area contributed by atoms with Crippen LogP contribution in [0.25, 0.3) is 0 Å². The van der Waals surface area contributed by atoms with Crippen LogP contribution in [0.5, 0.6) is 0 Å². The van der Waals surface area contributed by atoms with Gasteiger partial charge in [0, 0.05) is 12.4 Å². The maximum absolute atomic E-state index is 12.6. The number of alkyl halides is 2. The van der Waals surface area contributed by atoms with E-state index in [4.69, 9.17) is 5.73 Å². The molecule has 0 aliphatic heterocycles. The van der Waals surface area contributed by atoms with Gasteiger partial charge in [0.1, 0.15) is 11.9 Å². The number of aryl methyl sites for hydroxylation is 1. The van der Waals surface area contributed by atoms with Crippen molar-refractivity contribution in [3.05, 3.63) is 53.6 Å². The Kier molecular flexibility index (Phi) is 8.74. The smallest absolute Gasteiger partial charge is 0.319 e. The average Bonchev–Trinajstić information content (AvgIpc) is 2.93. The molecular weight excluding hydrogens is 349 g/mol. The molecule has 1 aromatic heterocycles. The first-order chi connectivity index (χ1) is 9.99. The second-order valence-electron chi connectivity index (χ2n) is 4.63. The predicted octanol–water partition coefficient (Wildman–Crippen LogP) is 2.75. The predicted molar refractivity (Wildman–Crippen MR) is 87.9 cm³/mol. The zero-order valence-corrected chi connectivity index (χ0v) is 13.9. The highest BCUT2D eigenvalue weighted by Crippen LogP contribution is 2.14. The van der Waals surface area contributed by atoms with Gasteiger partial charge in [-0.15, -0.1) is 24.8 Å². The van der Waals surface area contributed by atoms with Crippen LogP contribution in [0.1, 0.15) is 29.5 Å². The molecule has 0 spiro atoms. The highest BCUT2D eigenvalue weighted by atomic mass is 35.5. The number of aromatic nitrogens is 2. The van der Waals surface area contributed by atoms with Crippen LogP contribution >= 0.6 is 24.8 Å². The van der Waals surface area contributed by atoms with E-state index in [0.717, 1.165) is 11.8 Å². The van der Waals surface area contributed by atoms with Crippen LogP contribution in [0.4, 0.5) is 8.78 Å². The number of halogens is 4. The molecule has 128 valence electrons. The Bertz CT molecular complexity index is 619. The Morgan fingerprint density at radius 3 is 2.48 bits per heavy atom. The molecule has 0 bridgehead atoms. The summed E-state index contributed by atoms with van der Waals surface area (Å²) >= 11 is 0. The molecule has 0 aliphatic carbocycles. The molecule has 1 heterocycles. The van der Waals surface area contributed by atoms with E-state index in [1.165, 1.54) is 6.20 Å². The SMILES string of the molecule is Cc1ccc(C(N)C(=O)NCc2nccn2C(F)F)cc1.Cl.Cl. The molecule has 0 fully saturated rings. The second kappa shape index (κ2) is 9.44. The molecule has 1 aromatic carbocycles. The molecule has 0 saturated heterocycles. The van der Waals surface area contributed by atoms with Crippen molar-refractivity contribution in [1.82, 2.24) is 14.9 Å². The summed E-state index contributed by atoms with van der Waals surface area (Å²) in [4.78, 5) is 15.7. The minimum Gasteiger partial charge on any atom is -0.347 e. The Morgan fingerprint density at radius 1 is 1.30 bits per heavy atom. The Morgan fingerprint density at radius 2 is 1.91 bits per heavy atom. The van der Waals surface area contributed by atoms with Gasteiger partial charge in [0.25, 0.3) is 0 Å². The van der Waals surface area contributed by atoms with Gasteiger partial charge >= 0.3 is 6.55 Å². The molecular formula is C14H18Cl2F2N4O. The first-order valence-corrected chi connectivity index (χ1v) is 6.38. The van der Waals surface area contributed by atoms with Crippen LogP contribution in [0.2, 0.25) is 0 Å². The molecule has 9 heteroatoms. The molecule has 1 unspecified atom stereocenters. The molecule has 3 N–H and O–H groups in total. The Balaban J connectivity index is 0.00000242. The van der Waals surface area contributed by atoms with Gasteiger partial charge < -0.3 is 11.1 Å². The van der Waals surface area contributed by atoms with E-state index in [9.17, 15) is 13.6 Å². The summed E-state index contributed by atoms with van der Waals surface area (Å²) in [5.41, 5.74) is 7.56. The van der Waals surface area contributed by atoms with Gasteiger partial charge in [0.2, 0.25) is 5.91 Å². The van der Waals surface area contributed by atoms with Gasteiger partial charge in [0.05, 0.1) is 6.54 Å². The van der Waals surface area contributed by atoms with Crippen molar-refractivity contribution in [2.75, 3.05) is 0 Å². The number of benzene rings is 1. The molecule has 0 aliphatic rings. The lowest BCUT2D eigenvalue weighted by molar-refractivity contribution is -0.122. The van der Waals surface area contributed by atoms with Crippen molar-refractivity contribution in [3.63, 3.8) is 0 Å². The number of nitrogens with two attached hydrogens (primary N) is 1. The van der Waals surface area contributed by atoms with Crippen LogP contribution in [0.15, 0.2) is 36.7 Å². The monoisotopic (exact) mass is 366 g/mol. The van der Waals surface area contributed by atoms with E-state index in [1.807, 2.05) is 19.1 Å². The fourth-order valence-electron chi connectivity index (χ4n) is 1.86.